The number of nitrogens with one attached hydrogen (secondary N) is 1. The van der Waals surface area contributed by atoms with Crippen LogP contribution in [-0.4, -0.2) is 17.1 Å². The van der Waals surface area contributed by atoms with Crippen LogP contribution in [0.15, 0.2) is 18.5 Å². The van der Waals surface area contributed by atoms with Crippen molar-refractivity contribution in [2.24, 2.45) is 0 Å². The van der Waals surface area contributed by atoms with Crippen molar-refractivity contribution >= 4 is 0 Å². The average Bonchev–Trinajstić information content (AvgIpc) is 3.05. The summed E-state index contributed by atoms with van der Waals surface area (Å²) in [6, 6.07) is 2.81. The van der Waals surface area contributed by atoms with Crippen LogP contribution in [0.1, 0.15) is 44.1 Å². The molecular weight excluding hydrogens is 212 g/mol. The first kappa shape index (κ1) is 11.0. The highest BCUT2D eigenvalue weighted by Crippen LogP contribution is 2.27. The van der Waals surface area contributed by atoms with E-state index in [-0.39, 0.29) is 0 Å². The fourth-order valence-electron chi connectivity index (χ4n) is 2.39. The van der Waals surface area contributed by atoms with Gasteiger partial charge >= 0.3 is 0 Å². The Morgan fingerprint density at radius 3 is 2.82 bits per heavy atom. The predicted molar refractivity (Wildman–Crippen MR) is 67.0 cm³/mol. The molecule has 1 aromatic heterocycles. The molecule has 1 heterocycles. The van der Waals surface area contributed by atoms with Crippen LogP contribution in [0, 0.1) is 0 Å². The van der Waals surface area contributed by atoms with Crippen LogP contribution < -0.4 is 10.1 Å². The molecule has 2 saturated carbocycles. The summed E-state index contributed by atoms with van der Waals surface area (Å²) in [4.78, 5) is 4.18. The van der Waals surface area contributed by atoms with Gasteiger partial charge in [-0.3, -0.25) is 4.98 Å². The highest BCUT2D eigenvalue weighted by atomic mass is 16.5. The average molecular weight is 232 g/mol. The second kappa shape index (κ2) is 5.05. The Hall–Kier alpha value is -1.09. The largest absolute Gasteiger partial charge is 0.488 e. The van der Waals surface area contributed by atoms with Gasteiger partial charge in [-0.05, 0) is 44.6 Å². The quantitative estimate of drug-likeness (QED) is 0.847. The van der Waals surface area contributed by atoms with Gasteiger partial charge in [0, 0.05) is 24.3 Å². The van der Waals surface area contributed by atoms with Gasteiger partial charge in [0.15, 0.2) is 0 Å². The number of nitrogens with zero attached hydrogens (tertiary/aromatic N) is 1. The van der Waals surface area contributed by atoms with Crippen LogP contribution in [0.4, 0.5) is 0 Å². The van der Waals surface area contributed by atoms with Gasteiger partial charge in [-0.25, -0.2) is 0 Å². The van der Waals surface area contributed by atoms with E-state index in [1.165, 1.54) is 44.1 Å². The van der Waals surface area contributed by atoms with E-state index >= 15 is 0 Å². The van der Waals surface area contributed by atoms with Crippen LogP contribution in [0.2, 0.25) is 0 Å². The molecule has 92 valence electrons. The molecule has 2 aliphatic rings. The van der Waals surface area contributed by atoms with Crippen LogP contribution >= 0.6 is 0 Å². The summed E-state index contributed by atoms with van der Waals surface area (Å²) >= 11 is 0. The standard InChI is InChI=1S/C14H20N2O/c1-2-4-13(3-1)17-14-10-15-8-7-11(14)9-16-12-5-6-12/h7-8,10,12-13,16H,1-6,9H2. The molecule has 0 atom stereocenters. The Kier molecular flexibility index (Phi) is 3.27. The molecule has 3 heteroatoms. The second-order valence-electron chi connectivity index (χ2n) is 5.16. The first-order chi connectivity index (χ1) is 8.42. The van der Waals surface area contributed by atoms with Crippen molar-refractivity contribution < 1.29 is 4.74 Å². The Bertz CT molecular complexity index is 370. The molecular formula is C14H20N2O. The van der Waals surface area contributed by atoms with Crippen LogP contribution in [0.3, 0.4) is 0 Å². The first-order valence-electron chi connectivity index (χ1n) is 6.75. The van der Waals surface area contributed by atoms with E-state index in [4.69, 9.17) is 4.74 Å². The molecule has 2 aliphatic carbocycles. The minimum atomic E-state index is 0.416. The minimum absolute atomic E-state index is 0.416. The summed E-state index contributed by atoms with van der Waals surface area (Å²) in [7, 11) is 0. The highest BCUT2D eigenvalue weighted by Gasteiger charge is 2.21. The van der Waals surface area contributed by atoms with Gasteiger partial charge in [-0.15, -0.1) is 0 Å². The Morgan fingerprint density at radius 2 is 2.06 bits per heavy atom. The van der Waals surface area contributed by atoms with E-state index in [2.05, 4.69) is 16.4 Å². The lowest BCUT2D eigenvalue weighted by molar-refractivity contribution is 0.206. The Morgan fingerprint density at radius 1 is 1.24 bits per heavy atom. The summed E-state index contributed by atoms with van der Waals surface area (Å²) in [5.41, 5.74) is 1.25. The van der Waals surface area contributed by atoms with Crippen molar-refractivity contribution in [2.45, 2.75) is 57.2 Å². The lowest BCUT2D eigenvalue weighted by atomic mass is 10.2. The highest BCUT2D eigenvalue weighted by molar-refractivity contribution is 5.30. The van der Waals surface area contributed by atoms with E-state index in [1.807, 2.05) is 12.4 Å². The molecule has 1 N–H and O–H groups in total. The van der Waals surface area contributed by atoms with Crippen molar-refractivity contribution in [1.29, 1.82) is 0 Å². The Labute approximate surface area is 103 Å². The van der Waals surface area contributed by atoms with Gasteiger partial charge in [0.1, 0.15) is 5.75 Å². The van der Waals surface area contributed by atoms with E-state index in [9.17, 15) is 0 Å². The molecule has 1 aromatic rings. The molecule has 0 spiro atoms. The summed E-state index contributed by atoms with van der Waals surface area (Å²) in [5, 5.41) is 3.53. The van der Waals surface area contributed by atoms with Crippen molar-refractivity contribution in [2.75, 3.05) is 0 Å². The lowest BCUT2D eigenvalue weighted by Crippen LogP contribution is -2.18. The third-order valence-corrected chi connectivity index (χ3v) is 3.62. The maximum absolute atomic E-state index is 6.06. The summed E-state index contributed by atoms with van der Waals surface area (Å²) in [6.45, 7) is 0.912. The third kappa shape index (κ3) is 2.97. The number of hydrogen-bond acceptors (Lipinski definition) is 3. The molecule has 0 radical (unpaired) electrons. The number of pyridine rings is 1. The zero-order chi connectivity index (χ0) is 11.5. The Balaban J connectivity index is 1.63. The number of aromatic nitrogens is 1. The first-order valence-corrected chi connectivity index (χ1v) is 6.75. The van der Waals surface area contributed by atoms with Crippen LogP contribution in [0.5, 0.6) is 5.75 Å². The van der Waals surface area contributed by atoms with Gasteiger partial charge in [0.05, 0.1) is 12.3 Å². The lowest BCUT2D eigenvalue weighted by Gasteiger charge is -2.16. The molecule has 0 unspecified atom stereocenters. The van der Waals surface area contributed by atoms with Crippen molar-refractivity contribution in [3.05, 3.63) is 24.0 Å². The molecule has 0 amide bonds. The fourth-order valence-corrected chi connectivity index (χ4v) is 2.39. The molecule has 2 fully saturated rings. The number of hydrogen-bond donors (Lipinski definition) is 1. The molecule has 17 heavy (non-hydrogen) atoms. The van der Waals surface area contributed by atoms with Crippen LogP contribution in [-0.2, 0) is 6.54 Å². The van der Waals surface area contributed by atoms with Crippen molar-refractivity contribution in [3.8, 4) is 5.75 Å². The third-order valence-electron chi connectivity index (χ3n) is 3.62. The minimum Gasteiger partial charge on any atom is -0.488 e. The van der Waals surface area contributed by atoms with E-state index < -0.39 is 0 Å². The summed E-state index contributed by atoms with van der Waals surface area (Å²) in [5.74, 6) is 0.979. The van der Waals surface area contributed by atoms with E-state index in [0.29, 0.717) is 6.10 Å². The van der Waals surface area contributed by atoms with E-state index in [0.717, 1.165) is 18.3 Å². The van der Waals surface area contributed by atoms with Gasteiger partial charge in [0.25, 0.3) is 0 Å². The molecule has 3 rings (SSSR count). The maximum Gasteiger partial charge on any atom is 0.142 e. The van der Waals surface area contributed by atoms with Crippen LogP contribution in [0.25, 0.3) is 0 Å². The predicted octanol–water partition coefficient (Wildman–Crippen LogP) is 2.66. The van der Waals surface area contributed by atoms with Gasteiger partial charge in [-0.1, -0.05) is 0 Å². The maximum atomic E-state index is 6.06. The molecule has 0 aliphatic heterocycles. The number of rotatable bonds is 5. The molecule has 3 nitrogen and oxygen atoms in total. The summed E-state index contributed by atoms with van der Waals surface area (Å²) in [6.07, 6.45) is 11.8. The molecule has 0 saturated heterocycles. The smallest absolute Gasteiger partial charge is 0.142 e. The van der Waals surface area contributed by atoms with Crippen molar-refractivity contribution in [3.63, 3.8) is 0 Å². The van der Waals surface area contributed by atoms with Gasteiger partial charge in [0.2, 0.25) is 0 Å². The zero-order valence-corrected chi connectivity index (χ0v) is 10.2. The SMILES string of the molecule is c1cc(CNC2CC2)c(OC2CCCC2)cn1. The summed E-state index contributed by atoms with van der Waals surface area (Å²) < 4.78 is 6.06. The number of ether oxygens (including phenoxy) is 1. The van der Waals surface area contributed by atoms with E-state index in [1.54, 1.807) is 0 Å². The fraction of sp³-hybridized carbons (Fsp3) is 0.643. The molecule has 0 bridgehead atoms. The molecule has 0 aromatic carbocycles. The monoisotopic (exact) mass is 232 g/mol. The second-order valence-corrected chi connectivity index (χ2v) is 5.16. The van der Waals surface area contributed by atoms with Crippen molar-refractivity contribution in [1.82, 2.24) is 10.3 Å². The topological polar surface area (TPSA) is 34.1 Å². The normalized spacial score (nSPS) is 20.7. The van der Waals surface area contributed by atoms with Gasteiger partial charge in [-0.2, -0.15) is 0 Å². The zero-order valence-electron chi connectivity index (χ0n) is 10.2. The van der Waals surface area contributed by atoms with Gasteiger partial charge < -0.3 is 10.1 Å².